The molecule has 1 aliphatic rings. The molecule has 3 rings (SSSR count). The van der Waals surface area contributed by atoms with Gasteiger partial charge in [-0.25, -0.2) is 0 Å². The van der Waals surface area contributed by atoms with Crippen molar-refractivity contribution in [3.05, 3.63) is 71.8 Å². The van der Waals surface area contributed by atoms with Crippen molar-refractivity contribution in [1.29, 1.82) is 0 Å². The summed E-state index contributed by atoms with van der Waals surface area (Å²) >= 11 is 0. The van der Waals surface area contributed by atoms with Gasteiger partial charge in [-0.1, -0.05) is 60.7 Å². The van der Waals surface area contributed by atoms with E-state index in [4.69, 9.17) is 14.2 Å². The highest BCUT2D eigenvalue weighted by atomic mass is 16.7. The van der Waals surface area contributed by atoms with Crippen LogP contribution in [0.5, 0.6) is 0 Å². The standard InChI is InChI=1S/C23H28O6/c1-16(25)20-22(28-15-18-11-7-4-8-12-18)21(19(13-24)29-23(20,2)26)27-14-17-9-5-3-6-10-17/h3-12,19-22,24,26H,13-15H2,1-2H3/t19-,20-,21-,22-,23-/m1/s1. The van der Waals surface area contributed by atoms with Gasteiger partial charge in [0.2, 0.25) is 0 Å². The summed E-state index contributed by atoms with van der Waals surface area (Å²) in [5.74, 6) is -2.99. The number of aliphatic hydroxyl groups excluding tert-OH is 1. The van der Waals surface area contributed by atoms with Gasteiger partial charge in [0.05, 0.1) is 25.7 Å². The second-order valence-corrected chi connectivity index (χ2v) is 7.50. The lowest BCUT2D eigenvalue weighted by Gasteiger charge is -2.48. The molecule has 2 aromatic rings. The molecule has 2 N–H and O–H groups in total. The van der Waals surface area contributed by atoms with Crippen LogP contribution in [0.3, 0.4) is 0 Å². The second-order valence-electron chi connectivity index (χ2n) is 7.50. The van der Waals surface area contributed by atoms with E-state index in [0.717, 1.165) is 11.1 Å². The van der Waals surface area contributed by atoms with E-state index in [0.29, 0.717) is 0 Å². The number of hydrogen-bond acceptors (Lipinski definition) is 6. The van der Waals surface area contributed by atoms with Gasteiger partial charge in [-0.05, 0) is 25.0 Å². The van der Waals surface area contributed by atoms with Crippen LogP contribution in [0.4, 0.5) is 0 Å². The van der Waals surface area contributed by atoms with E-state index < -0.39 is 30.0 Å². The van der Waals surface area contributed by atoms with Crippen LogP contribution < -0.4 is 0 Å². The fraction of sp³-hybridized carbons (Fsp3) is 0.435. The molecule has 1 saturated heterocycles. The van der Waals surface area contributed by atoms with Gasteiger partial charge in [-0.2, -0.15) is 0 Å². The van der Waals surface area contributed by atoms with Gasteiger partial charge in [-0.15, -0.1) is 0 Å². The minimum atomic E-state index is -1.77. The molecule has 2 aromatic carbocycles. The maximum absolute atomic E-state index is 12.4. The summed E-state index contributed by atoms with van der Waals surface area (Å²) in [7, 11) is 0. The zero-order valence-electron chi connectivity index (χ0n) is 16.7. The molecule has 1 heterocycles. The minimum absolute atomic E-state index is 0.245. The molecule has 0 bridgehead atoms. The monoisotopic (exact) mass is 400 g/mol. The zero-order valence-corrected chi connectivity index (χ0v) is 16.7. The van der Waals surface area contributed by atoms with Crippen LogP contribution >= 0.6 is 0 Å². The topological polar surface area (TPSA) is 85.2 Å². The predicted octanol–water partition coefficient (Wildman–Crippen LogP) is 2.46. The second kappa shape index (κ2) is 9.61. The first-order valence-electron chi connectivity index (χ1n) is 9.75. The van der Waals surface area contributed by atoms with Gasteiger partial charge in [0.25, 0.3) is 0 Å². The number of ether oxygens (including phenoxy) is 3. The molecule has 0 unspecified atom stereocenters. The number of hydrogen-bond donors (Lipinski definition) is 2. The highest BCUT2D eigenvalue weighted by Crippen LogP contribution is 2.37. The summed E-state index contributed by atoms with van der Waals surface area (Å²) < 4.78 is 17.8. The first kappa shape index (κ1) is 21.6. The van der Waals surface area contributed by atoms with Crippen LogP contribution in [0, 0.1) is 5.92 Å². The van der Waals surface area contributed by atoms with Crippen molar-refractivity contribution in [3.63, 3.8) is 0 Å². The SMILES string of the molecule is CC(=O)[C@@H]1[C@@H](OCc2ccccc2)[C@H](OCc2ccccc2)[C@@H](CO)O[C@@]1(C)O. The third kappa shape index (κ3) is 5.29. The molecule has 6 heteroatoms. The number of aliphatic hydroxyl groups is 2. The number of carbonyl (C=O) groups excluding carboxylic acids is 1. The number of benzene rings is 2. The fourth-order valence-electron chi connectivity index (χ4n) is 3.83. The third-order valence-electron chi connectivity index (χ3n) is 5.17. The smallest absolute Gasteiger partial charge is 0.175 e. The van der Waals surface area contributed by atoms with E-state index in [1.165, 1.54) is 13.8 Å². The Morgan fingerprint density at radius 2 is 1.45 bits per heavy atom. The summed E-state index contributed by atoms with van der Waals surface area (Å²) in [6.45, 7) is 2.96. The Hall–Kier alpha value is -2.09. The summed E-state index contributed by atoms with van der Waals surface area (Å²) in [6, 6.07) is 19.1. The molecule has 1 fully saturated rings. The molecule has 29 heavy (non-hydrogen) atoms. The first-order chi connectivity index (χ1) is 13.9. The van der Waals surface area contributed by atoms with Crippen molar-refractivity contribution < 1.29 is 29.2 Å². The molecule has 0 amide bonds. The van der Waals surface area contributed by atoms with Gasteiger partial charge >= 0.3 is 0 Å². The lowest BCUT2D eigenvalue weighted by Crippen LogP contribution is -2.64. The number of Topliss-reactive ketones (excluding diaryl/α,β-unsaturated/α-hetero) is 1. The molecule has 0 aromatic heterocycles. The normalized spacial score (nSPS) is 29.5. The largest absolute Gasteiger partial charge is 0.394 e. The molecular weight excluding hydrogens is 372 g/mol. The van der Waals surface area contributed by atoms with Gasteiger partial charge in [0, 0.05) is 0 Å². The van der Waals surface area contributed by atoms with Crippen LogP contribution in [0.15, 0.2) is 60.7 Å². The Kier molecular flexibility index (Phi) is 7.16. The number of rotatable bonds is 8. The number of carbonyl (C=O) groups is 1. The summed E-state index contributed by atoms with van der Waals surface area (Å²) in [5.41, 5.74) is 1.88. The van der Waals surface area contributed by atoms with E-state index in [-0.39, 0.29) is 25.6 Å². The molecule has 0 spiro atoms. The van der Waals surface area contributed by atoms with Crippen molar-refractivity contribution in [2.45, 2.75) is 51.2 Å². The predicted molar refractivity (Wildman–Crippen MR) is 107 cm³/mol. The van der Waals surface area contributed by atoms with Crippen LogP contribution in [0.2, 0.25) is 0 Å². The Labute approximate surface area is 171 Å². The highest BCUT2D eigenvalue weighted by Gasteiger charge is 2.54. The Morgan fingerprint density at radius 3 is 1.90 bits per heavy atom. The van der Waals surface area contributed by atoms with Crippen molar-refractivity contribution in [1.82, 2.24) is 0 Å². The van der Waals surface area contributed by atoms with E-state index in [2.05, 4.69) is 0 Å². The molecular formula is C23H28O6. The molecule has 6 nitrogen and oxygen atoms in total. The highest BCUT2D eigenvalue weighted by molar-refractivity contribution is 5.80. The van der Waals surface area contributed by atoms with Crippen molar-refractivity contribution in [2.75, 3.05) is 6.61 Å². The lowest BCUT2D eigenvalue weighted by atomic mass is 9.82. The summed E-state index contributed by atoms with van der Waals surface area (Å²) in [6.07, 6.45) is -2.33. The van der Waals surface area contributed by atoms with Gasteiger partial charge in [0.15, 0.2) is 5.79 Å². The zero-order chi connectivity index (χ0) is 20.9. The van der Waals surface area contributed by atoms with Gasteiger partial charge in [-0.3, -0.25) is 4.79 Å². The van der Waals surface area contributed by atoms with Crippen LogP contribution in [0.25, 0.3) is 0 Å². The Morgan fingerprint density at radius 1 is 0.966 bits per heavy atom. The van der Waals surface area contributed by atoms with E-state index in [1.54, 1.807) is 0 Å². The molecule has 0 aliphatic carbocycles. The molecule has 156 valence electrons. The molecule has 5 atom stereocenters. The lowest BCUT2D eigenvalue weighted by molar-refractivity contribution is -0.332. The first-order valence-corrected chi connectivity index (χ1v) is 9.75. The van der Waals surface area contributed by atoms with Crippen LogP contribution in [-0.2, 0) is 32.2 Å². The van der Waals surface area contributed by atoms with Gasteiger partial charge in [0.1, 0.15) is 24.1 Å². The average Bonchev–Trinajstić information content (AvgIpc) is 2.71. The maximum atomic E-state index is 12.4. The Balaban J connectivity index is 1.85. The van der Waals surface area contributed by atoms with E-state index in [1.807, 2.05) is 60.7 Å². The van der Waals surface area contributed by atoms with Crippen LogP contribution in [-0.4, -0.2) is 46.7 Å². The van der Waals surface area contributed by atoms with Gasteiger partial charge < -0.3 is 24.4 Å². The molecule has 0 saturated carbocycles. The quantitative estimate of drug-likeness (QED) is 0.708. The Bertz CT molecular complexity index is 776. The maximum Gasteiger partial charge on any atom is 0.175 e. The average molecular weight is 400 g/mol. The van der Waals surface area contributed by atoms with E-state index in [9.17, 15) is 15.0 Å². The summed E-state index contributed by atoms with van der Waals surface area (Å²) in [4.78, 5) is 12.4. The van der Waals surface area contributed by atoms with Crippen LogP contribution in [0.1, 0.15) is 25.0 Å². The number of ketones is 1. The summed E-state index contributed by atoms with van der Waals surface area (Å²) in [5, 5.41) is 20.6. The molecule has 0 radical (unpaired) electrons. The molecule has 1 aliphatic heterocycles. The third-order valence-corrected chi connectivity index (χ3v) is 5.17. The minimum Gasteiger partial charge on any atom is -0.394 e. The fourth-order valence-corrected chi connectivity index (χ4v) is 3.83. The van der Waals surface area contributed by atoms with Crippen molar-refractivity contribution in [3.8, 4) is 0 Å². The van der Waals surface area contributed by atoms with Crippen molar-refractivity contribution >= 4 is 5.78 Å². The van der Waals surface area contributed by atoms with Crippen molar-refractivity contribution in [2.24, 2.45) is 5.92 Å². The van der Waals surface area contributed by atoms with E-state index >= 15 is 0 Å².